The summed E-state index contributed by atoms with van der Waals surface area (Å²) in [6, 6.07) is 11.9. The molecule has 1 atom stereocenters. The number of hydrogen-bond acceptors (Lipinski definition) is 4. The fourth-order valence-corrected chi connectivity index (χ4v) is 4.04. The molecule has 1 aliphatic heterocycles. The summed E-state index contributed by atoms with van der Waals surface area (Å²) in [5.74, 6) is 1.16. The van der Waals surface area contributed by atoms with Crippen LogP contribution in [0, 0.1) is 0 Å². The summed E-state index contributed by atoms with van der Waals surface area (Å²) in [5, 5.41) is 3.75. The number of thioether (sulfide) groups is 1. The number of hydrogen-bond donors (Lipinski definition) is 1. The van der Waals surface area contributed by atoms with Crippen molar-refractivity contribution in [1.29, 1.82) is 0 Å². The van der Waals surface area contributed by atoms with Crippen molar-refractivity contribution in [2.24, 2.45) is 0 Å². The number of nitrogens with zero attached hydrogens (tertiary/aromatic N) is 2. The molecule has 1 unspecified atom stereocenters. The van der Waals surface area contributed by atoms with Crippen LogP contribution in [0.2, 0.25) is 0 Å². The molecule has 23 heavy (non-hydrogen) atoms. The molecule has 1 aromatic carbocycles. The Morgan fingerprint density at radius 3 is 2.43 bits per heavy atom. The largest absolute Gasteiger partial charge is 0.311 e. The van der Waals surface area contributed by atoms with Gasteiger partial charge in [0.25, 0.3) is 0 Å². The molecular formula is C19H33N3S. The molecule has 1 N–H and O–H groups in total. The number of rotatable bonds is 9. The maximum absolute atomic E-state index is 3.75. The van der Waals surface area contributed by atoms with Crippen LogP contribution in [-0.2, 0) is 0 Å². The maximum Gasteiger partial charge on any atom is 0.0164 e. The van der Waals surface area contributed by atoms with Gasteiger partial charge in [0.05, 0.1) is 0 Å². The van der Waals surface area contributed by atoms with Crippen molar-refractivity contribution in [2.45, 2.75) is 43.7 Å². The first-order valence-electron chi connectivity index (χ1n) is 8.98. The number of nitrogens with one attached hydrogen (secondary N) is 1. The van der Waals surface area contributed by atoms with Gasteiger partial charge in [-0.1, -0.05) is 32.0 Å². The molecule has 0 saturated carbocycles. The van der Waals surface area contributed by atoms with Crippen molar-refractivity contribution >= 4 is 11.8 Å². The van der Waals surface area contributed by atoms with Crippen LogP contribution in [0.15, 0.2) is 35.2 Å². The Kier molecular flexibility index (Phi) is 8.45. The van der Waals surface area contributed by atoms with E-state index in [0.717, 1.165) is 5.75 Å². The maximum atomic E-state index is 3.75. The zero-order valence-corrected chi connectivity index (χ0v) is 15.8. The molecule has 0 bridgehead atoms. The second kappa shape index (κ2) is 10.3. The second-order valence-corrected chi connectivity index (χ2v) is 8.02. The first kappa shape index (κ1) is 18.8. The molecule has 3 nitrogen and oxygen atoms in total. The number of likely N-dealkylation sites (N-methyl/N-ethyl adjacent to an activating group) is 1. The summed E-state index contributed by atoms with van der Waals surface area (Å²) >= 11 is 1.97. The molecule has 0 amide bonds. The van der Waals surface area contributed by atoms with E-state index in [4.69, 9.17) is 0 Å². The molecule has 130 valence electrons. The molecule has 1 aromatic rings. The van der Waals surface area contributed by atoms with Crippen LogP contribution in [0.3, 0.4) is 0 Å². The lowest BCUT2D eigenvalue weighted by Gasteiger charge is -2.32. The lowest BCUT2D eigenvalue weighted by Crippen LogP contribution is -2.45. The van der Waals surface area contributed by atoms with E-state index >= 15 is 0 Å². The van der Waals surface area contributed by atoms with Crippen LogP contribution in [0.25, 0.3) is 0 Å². The molecule has 1 aliphatic rings. The fraction of sp³-hybridized carbons (Fsp3) is 0.684. The lowest BCUT2D eigenvalue weighted by atomic mass is 10.1. The average molecular weight is 336 g/mol. The Bertz CT molecular complexity index is 416. The summed E-state index contributed by atoms with van der Waals surface area (Å²) in [6.45, 7) is 10.7. The zero-order chi connectivity index (χ0) is 16.5. The Morgan fingerprint density at radius 1 is 1.09 bits per heavy atom. The van der Waals surface area contributed by atoms with Gasteiger partial charge in [0.1, 0.15) is 0 Å². The van der Waals surface area contributed by atoms with Crippen molar-refractivity contribution in [3.8, 4) is 0 Å². The zero-order valence-electron chi connectivity index (χ0n) is 15.0. The monoisotopic (exact) mass is 335 g/mol. The second-order valence-electron chi connectivity index (χ2n) is 6.93. The van der Waals surface area contributed by atoms with Crippen LogP contribution in [0.1, 0.15) is 26.7 Å². The predicted octanol–water partition coefficient (Wildman–Crippen LogP) is 3.17. The third-order valence-corrected chi connectivity index (χ3v) is 5.56. The predicted molar refractivity (Wildman–Crippen MR) is 102 cm³/mol. The highest BCUT2D eigenvalue weighted by Crippen LogP contribution is 2.19. The highest BCUT2D eigenvalue weighted by Gasteiger charge is 2.15. The Labute approximate surface area is 146 Å². The van der Waals surface area contributed by atoms with Crippen LogP contribution in [-0.4, -0.2) is 67.4 Å². The number of benzene rings is 1. The molecule has 0 aromatic heterocycles. The van der Waals surface area contributed by atoms with Gasteiger partial charge in [0.2, 0.25) is 0 Å². The van der Waals surface area contributed by atoms with Gasteiger partial charge in [-0.25, -0.2) is 0 Å². The van der Waals surface area contributed by atoms with Gasteiger partial charge in [-0.05, 0) is 38.6 Å². The molecule has 0 spiro atoms. The first-order chi connectivity index (χ1) is 11.1. The van der Waals surface area contributed by atoms with Gasteiger partial charge in [0, 0.05) is 48.9 Å². The van der Waals surface area contributed by atoms with Gasteiger partial charge < -0.3 is 15.1 Å². The average Bonchev–Trinajstić information content (AvgIpc) is 2.55. The summed E-state index contributed by atoms with van der Waals surface area (Å²) in [5.41, 5.74) is 0. The molecular weight excluding hydrogens is 302 g/mol. The van der Waals surface area contributed by atoms with Crippen LogP contribution < -0.4 is 5.32 Å². The normalized spacial score (nSPS) is 18.4. The minimum Gasteiger partial charge on any atom is -0.311 e. The van der Waals surface area contributed by atoms with E-state index < -0.39 is 0 Å². The molecule has 1 heterocycles. The minimum absolute atomic E-state index is 0.556. The molecule has 4 heteroatoms. The third kappa shape index (κ3) is 7.71. The third-order valence-electron chi connectivity index (χ3n) is 4.39. The Balaban J connectivity index is 1.70. The van der Waals surface area contributed by atoms with Crippen molar-refractivity contribution in [3.05, 3.63) is 30.3 Å². The van der Waals surface area contributed by atoms with Gasteiger partial charge >= 0.3 is 0 Å². The van der Waals surface area contributed by atoms with E-state index in [-0.39, 0.29) is 0 Å². The lowest BCUT2D eigenvalue weighted by molar-refractivity contribution is 0.151. The quantitative estimate of drug-likeness (QED) is 0.698. The standard InChI is InChI=1S/C19H33N3S/c1-17(2)20-18(16-23-19-9-5-4-6-10-19)8-7-11-22-14-12-21(3)13-15-22/h4-6,9-10,17-18,20H,7-8,11-16H2,1-3H3. The van der Waals surface area contributed by atoms with Crippen LogP contribution in [0.4, 0.5) is 0 Å². The van der Waals surface area contributed by atoms with E-state index in [1.54, 1.807) is 0 Å². The molecule has 0 aliphatic carbocycles. The van der Waals surface area contributed by atoms with E-state index in [0.29, 0.717) is 12.1 Å². The smallest absolute Gasteiger partial charge is 0.0164 e. The van der Waals surface area contributed by atoms with Crippen molar-refractivity contribution in [1.82, 2.24) is 15.1 Å². The van der Waals surface area contributed by atoms with E-state index in [2.05, 4.69) is 66.3 Å². The van der Waals surface area contributed by atoms with Gasteiger partial charge in [0.15, 0.2) is 0 Å². The fourth-order valence-electron chi connectivity index (χ4n) is 3.03. The Hall–Kier alpha value is -0.550. The Morgan fingerprint density at radius 2 is 1.78 bits per heavy atom. The summed E-state index contributed by atoms with van der Waals surface area (Å²) in [7, 11) is 2.22. The summed E-state index contributed by atoms with van der Waals surface area (Å²) in [6.07, 6.45) is 2.56. The molecule has 0 radical (unpaired) electrons. The van der Waals surface area contributed by atoms with Crippen molar-refractivity contribution in [3.63, 3.8) is 0 Å². The van der Waals surface area contributed by atoms with Crippen molar-refractivity contribution < 1.29 is 0 Å². The first-order valence-corrected chi connectivity index (χ1v) is 9.97. The van der Waals surface area contributed by atoms with E-state index in [1.807, 2.05) is 11.8 Å². The van der Waals surface area contributed by atoms with E-state index in [9.17, 15) is 0 Å². The summed E-state index contributed by atoms with van der Waals surface area (Å²) < 4.78 is 0. The van der Waals surface area contributed by atoms with Crippen LogP contribution >= 0.6 is 11.8 Å². The van der Waals surface area contributed by atoms with E-state index in [1.165, 1.54) is 50.5 Å². The van der Waals surface area contributed by atoms with Gasteiger partial charge in [-0.3, -0.25) is 0 Å². The molecule has 2 rings (SSSR count). The molecule has 1 fully saturated rings. The topological polar surface area (TPSA) is 18.5 Å². The summed E-state index contributed by atoms with van der Waals surface area (Å²) in [4.78, 5) is 6.43. The SMILES string of the molecule is CC(C)NC(CCCN1CCN(C)CC1)CSc1ccccc1. The molecule has 1 saturated heterocycles. The number of piperazine rings is 1. The highest BCUT2D eigenvalue weighted by molar-refractivity contribution is 7.99. The van der Waals surface area contributed by atoms with Gasteiger partial charge in [-0.15, -0.1) is 11.8 Å². The van der Waals surface area contributed by atoms with Gasteiger partial charge in [-0.2, -0.15) is 0 Å². The minimum atomic E-state index is 0.556. The highest BCUT2D eigenvalue weighted by atomic mass is 32.2. The van der Waals surface area contributed by atoms with Crippen LogP contribution in [0.5, 0.6) is 0 Å². The van der Waals surface area contributed by atoms with Crippen molar-refractivity contribution in [2.75, 3.05) is 45.5 Å².